The zero-order chi connectivity index (χ0) is 28.7. The second-order valence-electron chi connectivity index (χ2n) is 13.7. The predicted octanol–water partition coefficient (Wildman–Crippen LogP) is 2.77. The Labute approximate surface area is 243 Å². The molecule has 8 heteroatoms. The highest BCUT2D eigenvalue weighted by Gasteiger charge is 2.86. The predicted molar refractivity (Wildman–Crippen MR) is 152 cm³/mol. The fraction of sp³-hybridized carbons (Fsp3) is 0.727. The van der Waals surface area contributed by atoms with Gasteiger partial charge in [0.25, 0.3) is 0 Å². The van der Waals surface area contributed by atoms with Gasteiger partial charge in [-0.1, -0.05) is 37.3 Å². The maximum atomic E-state index is 13.3. The molecule has 7 bridgehead atoms. The second kappa shape index (κ2) is 9.86. The van der Waals surface area contributed by atoms with E-state index in [0.717, 1.165) is 31.5 Å². The Kier molecular flexibility index (Phi) is 6.73. The molecule has 0 radical (unpaired) electrons. The van der Waals surface area contributed by atoms with Gasteiger partial charge in [-0.05, 0) is 43.4 Å². The summed E-state index contributed by atoms with van der Waals surface area (Å²) in [6.45, 7) is 4.50. The van der Waals surface area contributed by atoms with Crippen LogP contribution in [0, 0.1) is 40.4 Å². The van der Waals surface area contributed by atoms with E-state index in [1.807, 2.05) is 30.3 Å². The van der Waals surface area contributed by atoms with Crippen molar-refractivity contribution in [3.63, 3.8) is 0 Å². The smallest absolute Gasteiger partial charge is 0.331 e. The molecule has 224 valence electrons. The van der Waals surface area contributed by atoms with Crippen LogP contribution in [0.25, 0.3) is 6.08 Å². The summed E-state index contributed by atoms with van der Waals surface area (Å²) in [4.78, 5) is 15.8. The van der Waals surface area contributed by atoms with E-state index < -0.39 is 29.2 Å². The van der Waals surface area contributed by atoms with E-state index in [9.17, 15) is 15.0 Å². The minimum Gasteiger partial charge on any atom is -0.458 e. The Morgan fingerprint density at radius 3 is 2.59 bits per heavy atom. The first-order valence-corrected chi connectivity index (χ1v) is 15.4. The number of benzene rings is 1. The molecule has 0 aromatic heterocycles. The number of aliphatic hydroxyl groups is 2. The molecule has 1 saturated heterocycles. The van der Waals surface area contributed by atoms with Crippen molar-refractivity contribution < 1.29 is 34.0 Å². The molecule has 8 nitrogen and oxygen atoms in total. The number of carbonyl (C=O) groups is 1. The number of esters is 1. The van der Waals surface area contributed by atoms with Gasteiger partial charge in [-0.25, -0.2) is 4.79 Å². The van der Waals surface area contributed by atoms with Gasteiger partial charge in [0, 0.05) is 80.9 Å². The van der Waals surface area contributed by atoms with Crippen molar-refractivity contribution in [1.82, 2.24) is 4.90 Å². The molecular formula is C33H45NO7. The van der Waals surface area contributed by atoms with Gasteiger partial charge in [0.2, 0.25) is 0 Å². The lowest BCUT2D eigenvalue weighted by Crippen LogP contribution is -2.76. The molecule has 1 aromatic rings. The van der Waals surface area contributed by atoms with Gasteiger partial charge in [-0.3, -0.25) is 4.90 Å². The highest BCUT2D eigenvalue weighted by molar-refractivity contribution is 5.87. The van der Waals surface area contributed by atoms with Crippen LogP contribution in [-0.2, 0) is 23.7 Å². The Balaban J connectivity index is 1.34. The quantitative estimate of drug-likeness (QED) is 0.366. The molecule has 1 aromatic carbocycles. The molecule has 0 unspecified atom stereocenters. The van der Waals surface area contributed by atoms with E-state index in [1.54, 1.807) is 27.4 Å². The van der Waals surface area contributed by atoms with Crippen LogP contribution >= 0.6 is 0 Å². The molecule has 13 atom stereocenters. The number of likely N-dealkylation sites (tertiary alicyclic amines) is 1. The van der Waals surface area contributed by atoms with E-state index in [4.69, 9.17) is 18.9 Å². The van der Waals surface area contributed by atoms with Crippen LogP contribution in [0.1, 0.15) is 38.2 Å². The van der Waals surface area contributed by atoms with Gasteiger partial charge in [0.15, 0.2) is 0 Å². The first-order valence-electron chi connectivity index (χ1n) is 15.4. The molecule has 7 rings (SSSR count). The summed E-state index contributed by atoms with van der Waals surface area (Å²) in [5, 5.41) is 25.2. The number of aliphatic hydroxyl groups excluding tert-OH is 1. The number of nitrogens with zero attached hydrogens (tertiary/aromatic N) is 1. The number of hydrogen-bond acceptors (Lipinski definition) is 8. The summed E-state index contributed by atoms with van der Waals surface area (Å²) in [6.07, 6.45) is 4.57. The van der Waals surface area contributed by atoms with Gasteiger partial charge >= 0.3 is 5.97 Å². The fourth-order valence-corrected chi connectivity index (χ4v) is 11.7. The molecule has 5 saturated carbocycles. The molecule has 1 heterocycles. The van der Waals surface area contributed by atoms with E-state index in [-0.39, 0.29) is 53.3 Å². The summed E-state index contributed by atoms with van der Waals surface area (Å²) in [5.74, 6) is -0.947. The summed E-state index contributed by atoms with van der Waals surface area (Å²) < 4.78 is 24.7. The van der Waals surface area contributed by atoms with Crippen LogP contribution in [0.4, 0.5) is 0 Å². The maximum Gasteiger partial charge on any atom is 0.331 e. The highest BCUT2D eigenvalue weighted by Crippen LogP contribution is 2.79. The van der Waals surface area contributed by atoms with E-state index in [0.29, 0.717) is 19.4 Å². The van der Waals surface area contributed by atoms with Gasteiger partial charge in [-0.15, -0.1) is 0 Å². The number of piperidine rings is 1. The molecule has 2 N–H and O–H groups in total. The van der Waals surface area contributed by atoms with Crippen molar-refractivity contribution in [2.24, 2.45) is 40.4 Å². The molecule has 1 aliphatic heterocycles. The van der Waals surface area contributed by atoms with Crippen molar-refractivity contribution >= 4 is 12.0 Å². The van der Waals surface area contributed by atoms with Gasteiger partial charge in [0.1, 0.15) is 6.10 Å². The minimum atomic E-state index is -1.16. The van der Waals surface area contributed by atoms with Crippen LogP contribution in [0.2, 0.25) is 0 Å². The van der Waals surface area contributed by atoms with Crippen molar-refractivity contribution in [2.75, 3.05) is 41.0 Å². The Morgan fingerprint density at radius 1 is 1.12 bits per heavy atom. The van der Waals surface area contributed by atoms with Gasteiger partial charge in [-0.2, -0.15) is 0 Å². The SMILES string of the molecule is CCN1C[C@@]2(COC)CC[C@@H](O)[C@]34[C@@H]5C[C@H]6[C@@H](OC(=O)/C=C/c7ccccc7)[C@@H]5[C@](O)(C[C@@H]6OC)[C@H]([C@@H](OC)[C@@H]23)[C@H]14. The van der Waals surface area contributed by atoms with Crippen molar-refractivity contribution in [1.29, 1.82) is 0 Å². The van der Waals surface area contributed by atoms with Crippen LogP contribution < -0.4 is 0 Å². The average molecular weight is 568 g/mol. The van der Waals surface area contributed by atoms with Crippen LogP contribution in [-0.4, -0.2) is 98.2 Å². The van der Waals surface area contributed by atoms with Crippen molar-refractivity contribution in [2.45, 2.75) is 68.7 Å². The molecule has 6 aliphatic rings. The minimum absolute atomic E-state index is 0.0161. The highest BCUT2D eigenvalue weighted by atomic mass is 16.5. The number of hydrogen-bond donors (Lipinski definition) is 2. The Hall–Kier alpha value is -1.81. The van der Waals surface area contributed by atoms with Crippen molar-refractivity contribution in [3.8, 4) is 0 Å². The average Bonchev–Trinajstić information content (AvgIpc) is 3.41. The molecule has 1 spiro atoms. The van der Waals surface area contributed by atoms with Crippen LogP contribution in [0.15, 0.2) is 36.4 Å². The number of ether oxygens (including phenoxy) is 4. The van der Waals surface area contributed by atoms with Gasteiger partial charge < -0.3 is 29.2 Å². The Bertz CT molecular complexity index is 1190. The molecule has 0 amide bonds. The number of rotatable bonds is 8. The summed E-state index contributed by atoms with van der Waals surface area (Å²) >= 11 is 0. The summed E-state index contributed by atoms with van der Waals surface area (Å²) in [5.41, 5.74) is -0.881. The first-order chi connectivity index (χ1) is 19.8. The molecule has 41 heavy (non-hydrogen) atoms. The summed E-state index contributed by atoms with van der Waals surface area (Å²) in [7, 11) is 5.24. The fourth-order valence-electron chi connectivity index (χ4n) is 11.7. The number of carbonyl (C=O) groups excluding carboxylic acids is 1. The monoisotopic (exact) mass is 567 g/mol. The third kappa shape index (κ3) is 3.52. The maximum absolute atomic E-state index is 13.3. The molecule has 6 fully saturated rings. The molecule has 5 aliphatic carbocycles. The second-order valence-corrected chi connectivity index (χ2v) is 13.7. The Morgan fingerprint density at radius 2 is 1.90 bits per heavy atom. The zero-order valence-electron chi connectivity index (χ0n) is 24.6. The van der Waals surface area contributed by atoms with E-state index in [2.05, 4.69) is 11.8 Å². The van der Waals surface area contributed by atoms with Gasteiger partial charge in [0.05, 0.1) is 30.5 Å². The summed E-state index contributed by atoms with van der Waals surface area (Å²) in [6, 6.07) is 9.68. The third-order valence-electron chi connectivity index (χ3n) is 12.6. The van der Waals surface area contributed by atoms with Crippen molar-refractivity contribution in [3.05, 3.63) is 42.0 Å². The first kappa shape index (κ1) is 28.0. The topological polar surface area (TPSA) is 97.7 Å². The zero-order valence-corrected chi connectivity index (χ0v) is 24.6. The number of fused-ring (bicyclic) bond motifs is 2. The van der Waals surface area contributed by atoms with E-state index in [1.165, 1.54) is 6.08 Å². The lowest BCUT2D eigenvalue weighted by molar-refractivity contribution is -0.273. The normalized spacial score (nSPS) is 49.4. The third-order valence-corrected chi connectivity index (χ3v) is 12.6. The lowest BCUT2D eigenvalue weighted by atomic mass is 9.43. The van der Waals surface area contributed by atoms with Crippen LogP contribution in [0.3, 0.4) is 0 Å². The van der Waals surface area contributed by atoms with Crippen LogP contribution in [0.5, 0.6) is 0 Å². The van der Waals surface area contributed by atoms with E-state index >= 15 is 0 Å². The standard InChI is InChI=1S/C33H45NO7/c1-5-34-17-31(18-38-2)14-13-23(35)33-21-15-20-22(39-3)16-32(37,26(30(33)34)28(40-4)29(31)33)25(21)27(20)41-24(36)12-11-19-9-7-6-8-10-19/h6-12,20-23,25-30,35,37H,5,13-18H2,1-4H3/b12-11+/t20-,21-,22+,23-,25-,26-,27-,28-,29+,30+,31-,32-,33-/m1/s1. The largest absolute Gasteiger partial charge is 0.458 e. The molecular weight excluding hydrogens is 522 g/mol. The number of methoxy groups -OCH3 is 3. The lowest BCUT2D eigenvalue weighted by Gasteiger charge is -2.68.